The molecule has 0 saturated heterocycles. The number of hydrogen-bond donors (Lipinski definition) is 1. The third-order valence-corrected chi connectivity index (χ3v) is 2.62. The minimum atomic E-state index is -1.82. The van der Waals surface area contributed by atoms with Crippen LogP contribution >= 0.6 is 12.4 Å². The molecule has 0 fully saturated rings. The van der Waals surface area contributed by atoms with Gasteiger partial charge in [-0.1, -0.05) is 23.8 Å². The van der Waals surface area contributed by atoms with Crippen LogP contribution in [-0.2, 0) is 9.53 Å². The lowest BCUT2D eigenvalue weighted by Crippen LogP contribution is -2.32. The molecule has 0 bridgehead atoms. The summed E-state index contributed by atoms with van der Waals surface area (Å²) in [6.07, 6.45) is -1.82. The van der Waals surface area contributed by atoms with Gasteiger partial charge in [0, 0.05) is 0 Å². The van der Waals surface area contributed by atoms with Crippen molar-refractivity contribution in [1.29, 1.82) is 0 Å². The summed E-state index contributed by atoms with van der Waals surface area (Å²) < 4.78 is 18.4. The Morgan fingerprint density at radius 3 is 2.61 bits per heavy atom. The molecular weight excluding hydrogens is 257 g/mol. The minimum absolute atomic E-state index is 0. The molecule has 18 heavy (non-hydrogen) atoms. The predicted octanol–water partition coefficient (Wildman–Crippen LogP) is 2.63. The van der Waals surface area contributed by atoms with Gasteiger partial charge in [0.1, 0.15) is 0 Å². The molecule has 102 valence electrons. The van der Waals surface area contributed by atoms with E-state index >= 15 is 0 Å². The van der Waals surface area contributed by atoms with Crippen molar-refractivity contribution in [1.82, 2.24) is 0 Å². The van der Waals surface area contributed by atoms with E-state index in [1.807, 2.05) is 26.0 Å². The zero-order valence-corrected chi connectivity index (χ0v) is 11.6. The highest BCUT2D eigenvalue weighted by Crippen LogP contribution is 2.22. The van der Waals surface area contributed by atoms with Crippen LogP contribution in [0.5, 0.6) is 0 Å². The zero-order chi connectivity index (χ0) is 13.0. The maximum absolute atomic E-state index is 13.8. The minimum Gasteiger partial charge on any atom is -0.464 e. The summed E-state index contributed by atoms with van der Waals surface area (Å²) in [6, 6.07) is 4.60. The second kappa shape index (κ2) is 7.34. The fourth-order valence-corrected chi connectivity index (χ4v) is 1.65. The van der Waals surface area contributed by atoms with Gasteiger partial charge in [0.05, 0.1) is 12.6 Å². The Hall–Kier alpha value is -1.13. The normalized spacial score (nSPS) is 13.4. The number of nitrogens with two attached hydrogens (primary N) is 1. The van der Waals surface area contributed by atoms with Crippen LogP contribution in [0.15, 0.2) is 18.2 Å². The molecule has 0 saturated carbocycles. The molecule has 5 heteroatoms. The zero-order valence-electron chi connectivity index (χ0n) is 10.8. The highest BCUT2D eigenvalue weighted by molar-refractivity contribution is 5.85. The molecule has 0 heterocycles. The summed E-state index contributed by atoms with van der Waals surface area (Å²) in [5.74, 6) is -0.902. The van der Waals surface area contributed by atoms with Gasteiger partial charge in [-0.25, -0.2) is 9.18 Å². The number of aryl methyl sites for hydroxylation is 2. The summed E-state index contributed by atoms with van der Waals surface area (Å²) in [4.78, 5) is 11.3. The molecule has 0 aliphatic carbocycles. The molecule has 1 aromatic carbocycles. The van der Waals surface area contributed by atoms with Crippen LogP contribution in [-0.4, -0.2) is 18.7 Å². The van der Waals surface area contributed by atoms with Gasteiger partial charge in [-0.2, -0.15) is 0 Å². The first-order valence-corrected chi connectivity index (χ1v) is 5.60. The van der Waals surface area contributed by atoms with Gasteiger partial charge in [0.25, 0.3) is 0 Å². The maximum Gasteiger partial charge on any atom is 0.342 e. The maximum atomic E-state index is 13.8. The second-order valence-corrected chi connectivity index (χ2v) is 4.04. The summed E-state index contributed by atoms with van der Waals surface area (Å²) >= 11 is 0. The van der Waals surface area contributed by atoms with Gasteiger partial charge in [-0.15, -0.1) is 12.4 Å². The number of rotatable bonds is 4. The first-order chi connectivity index (χ1) is 7.97. The lowest BCUT2D eigenvalue weighted by Gasteiger charge is -2.18. The average Bonchev–Trinajstić information content (AvgIpc) is 2.30. The van der Waals surface area contributed by atoms with E-state index in [0.29, 0.717) is 5.56 Å². The Morgan fingerprint density at radius 2 is 2.06 bits per heavy atom. The number of carbonyl (C=O) groups excluding carboxylic acids is 1. The highest BCUT2D eigenvalue weighted by atomic mass is 35.5. The lowest BCUT2D eigenvalue weighted by atomic mass is 9.96. The number of benzene rings is 1. The molecule has 1 aromatic rings. The molecule has 0 aliphatic rings. The Balaban J connectivity index is 0.00000289. The van der Waals surface area contributed by atoms with Crippen LogP contribution in [0.2, 0.25) is 0 Å². The van der Waals surface area contributed by atoms with E-state index in [4.69, 9.17) is 5.73 Å². The lowest BCUT2D eigenvalue weighted by molar-refractivity contribution is -0.149. The molecular formula is C13H19ClFNO2. The number of hydrogen-bond acceptors (Lipinski definition) is 3. The van der Waals surface area contributed by atoms with Crippen molar-refractivity contribution in [3.8, 4) is 0 Å². The Kier molecular flexibility index (Phi) is 6.88. The molecule has 0 spiro atoms. The van der Waals surface area contributed by atoms with Crippen LogP contribution in [0.25, 0.3) is 0 Å². The van der Waals surface area contributed by atoms with Gasteiger partial charge < -0.3 is 10.5 Å². The summed E-state index contributed by atoms with van der Waals surface area (Å²) in [7, 11) is 0. The van der Waals surface area contributed by atoms with E-state index in [1.54, 1.807) is 13.0 Å². The third-order valence-electron chi connectivity index (χ3n) is 2.62. The number of ether oxygens (including phenoxy) is 1. The molecule has 3 nitrogen and oxygen atoms in total. The largest absolute Gasteiger partial charge is 0.464 e. The Labute approximate surface area is 113 Å². The van der Waals surface area contributed by atoms with Gasteiger partial charge in [0.15, 0.2) is 0 Å². The Bertz CT molecular complexity index is 412. The molecule has 1 unspecified atom stereocenters. The smallest absolute Gasteiger partial charge is 0.342 e. The molecule has 2 atom stereocenters. The first-order valence-electron chi connectivity index (χ1n) is 5.60. The summed E-state index contributed by atoms with van der Waals surface area (Å²) in [5, 5.41) is 0. The fourth-order valence-electron chi connectivity index (χ4n) is 1.65. The molecule has 0 amide bonds. The predicted molar refractivity (Wildman–Crippen MR) is 71.6 cm³/mol. The standard InChI is InChI=1S/C13H18FNO2.ClH/c1-4-17-13(16)11(14)12(15)10-7-8(2)5-6-9(10)3;/h5-7,11-12H,4,15H2,1-3H3;1H/t11?,12-;/m0./s1. The number of esters is 1. The number of carbonyl (C=O) groups is 1. The van der Waals surface area contributed by atoms with E-state index in [-0.39, 0.29) is 19.0 Å². The summed E-state index contributed by atoms with van der Waals surface area (Å²) in [5.41, 5.74) is 8.26. The average molecular weight is 276 g/mol. The van der Waals surface area contributed by atoms with Crippen LogP contribution in [0, 0.1) is 13.8 Å². The molecule has 2 N–H and O–H groups in total. The van der Waals surface area contributed by atoms with Crippen molar-refractivity contribution in [2.45, 2.75) is 33.0 Å². The number of alkyl halides is 1. The molecule has 0 radical (unpaired) electrons. The van der Waals surface area contributed by atoms with Gasteiger partial charge in [-0.3, -0.25) is 0 Å². The van der Waals surface area contributed by atoms with E-state index in [9.17, 15) is 9.18 Å². The van der Waals surface area contributed by atoms with Crippen molar-refractivity contribution in [2.75, 3.05) is 6.61 Å². The van der Waals surface area contributed by atoms with Crippen molar-refractivity contribution < 1.29 is 13.9 Å². The topological polar surface area (TPSA) is 52.3 Å². The monoisotopic (exact) mass is 275 g/mol. The third kappa shape index (κ3) is 3.96. The summed E-state index contributed by atoms with van der Waals surface area (Å²) in [6.45, 7) is 5.52. The Morgan fingerprint density at radius 1 is 1.44 bits per heavy atom. The number of halogens is 2. The molecule has 0 aliphatic heterocycles. The quantitative estimate of drug-likeness (QED) is 0.860. The molecule has 1 rings (SSSR count). The van der Waals surface area contributed by atoms with E-state index in [1.165, 1.54) is 0 Å². The van der Waals surface area contributed by atoms with Crippen molar-refractivity contribution in [3.05, 3.63) is 34.9 Å². The molecule has 0 aromatic heterocycles. The SMILES string of the molecule is CCOC(=O)C(F)[C@@H](N)c1cc(C)ccc1C.Cl. The van der Waals surface area contributed by atoms with Gasteiger partial charge >= 0.3 is 5.97 Å². The van der Waals surface area contributed by atoms with E-state index in [2.05, 4.69) is 4.74 Å². The fraction of sp³-hybridized carbons (Fsp3) is 0.462. The van der Waals surface area contributed by atoms with Crippen molar-refractivity contribution in [2.24, 2.45) is 5.73 Å². The van der Waals surface area contributed by atoms with E-state index < -0.39 is 18.2 Å². The first kappa shape index (κ1) is 16.9. The van der Waals surface area contributed by atoms with Crippen LogP contribution in [0.3, 0.4) is 0 Å². The van der Waals surface area contributed by atoms with Crippen molar-refractivity contribution in [3.63, 3.8) is 0 Å². The van der Waals surface area contributed by atoms with Crippen LogP contribution in [0.4, 0.5) is 4.39 Å². The van der Waals surface area contributed by atoms with Gasteiger partial charge in [-0.05, 0) is 31.9 Å². The van der Waals surface area contributed by atoms with Crippen molar-refractivity contribution >= 4 is 18.4 Å². The van der Waals surface area contributed by atoms with Crippen LogP contribution < -0.4 is 5.73 Å². The van der Waals surface area contributed by atoms with Crippen LogP contribution in [0.1, 0.15) is 29.7 Å². The highest BCUT2D eigenvalue weighted by Gasteiger charge is 2.28. The van der Waals surface area contributed by atoms with E-state index in [0.717, 1.165) is 11.1 Å². The second-order valence-electron chi connectivity index (χ2n) is 4.04. The van der Waals surface area contributed by atoms with Gasteiger partial charge in [0.2, 0.25) is 6.17 Å².